The Morgan fingerprint density at radius 1 is 1.73 bits per heavy atom. The van der Waals surface area contributed by atoms with Crippen LogP contribution < -0.4 is 5.32 Å². The minimum atomic E-state index is -0.288. The third-order valence-corrected chi connectivity index (χ3v) is 3.01. The summed E-state index contributed by atoms with van der Waals surface area (Å²) in [6.45, 7) is 3.70. The summed E-state index contributed by atoms with van der Waals surface area (Å²) >= 11 is 1.77. The van der Waals surface area contributed by atoms with E-state index in [1.165, 1.54) is 9.75 Å². The van der Waals surface area contributed by atoms with E-state index < -0.39 is 0 Å². The van der Waals surface area contributed by atoms with Crippen molar-refractivity contribution in [3.63, 3.8) is 0 Å². The molecule has 0 bridgehead atoms. The number of aliphatic hydroxyl groups excluding tert-OH is 1. The Hall–Kier alpha value is -0.380. The lowest BCUT2D eigenvalue weighted by Gasteiger charge is -2.18. The lowest BCUT2D eigenvalue weighted by atomic mass is 10.1. The molecule has 60 valence electrons. The maximum absolute atomic E-state index is 9.52. The first-order chi connectivity index (χ1) is 5.27. The van der Waals surface area contributed by atoms with E-state index in [9.17, 15) is 5.11 Å². The summed E-state index contributed by atoms with van der Waals surface area (Å²) < 4.78 is 0. The van der Waals surface area contributed by atoms with Gasteiger partial charge in [0.25, 0.3) is 0 Å². The molecule has 1 unspecified atom stereocenters. The normalized spacial score (nSPS) is 23.3. The molecule has 2 heterocycles. The van der Waals surface area contributed by atoms with Crippen LogP contribution in [0.2, 0.25) is 0 Å². The molecule has 1 aromatic rings. The van der Waals surface area contributed by atoms with Gasteiger partial charge in [0.15, 0.2) is 0 Å². The second kappa shape index (κ2) is 2.59. The lowest BCUT2D eigenvalue weighted by molar-refractivity contribution is 0.166. The molecule has 2 nitrogen and oxygen atoms in total. The van der Waals surface area contributed by atoms with Crippen LogP contribution >= 0.6 is 11.3 Å². The number of thiophene rings is 1. The predicted molar refractivity (Wildman–Crippen MR) is 45.7 cm³/mol. The number of fused-ring (bicyclic) bond motifs is 1. The summed E-state index contributed by atoms with van der Waals surface area (Å²) in [7, 11) is 0. The molecule has 1 aromatic heterocycles. The van der Waals surface area contributed by atoms with E-state index in [1.807, 2.05) is 0 Å². The molecule has 0 fully saturated rings. The first-order valence-electron chi connectivity index (χ1n) is 3.75. The molecular formula is C8H11NOS. The molecule has 0 aromatic carbocycles. The molecule has 11 heavy (non-hydrogen) atoms. The standard InChI is InChI=1S/C8H11NOS/c1-5-2-6-7(10)3-9-4-8(6)11-5/h2,7,9-10H,3-4H2,1H3. The van der Waals surface area contributed by atoms with Crippen LogP contribution in [-0.4, -0.2) is 11.7 Å². The lowest BCUT2D eigenvalue weighted by Crippen LogP contribution is -2.26. The van der Waals surface area contributed by atoms with Gasteiger partial charge in [-0.1, -0.05) is 0 Å². The van der Waals surface area contributed by atoms with E-state index in [-0.39, 0.29) is 6.10 Å². The number of nitrogens with one attached hydrogen (secondary N) is 1. The van der Waals surface area contributed by atoms with Crippen molar-refractivity contribution in [2.75, 3.05) is 6.54 Å². The summed E-state index contributed by atoms with van der Waals surface area (Å²) in [6, 6.07) is 2.09. The van der Waals surface area contributed by atoms with E-state index >= 15 is 0 Å². The van der Waals surface area contributed by atoms with E-state index in [2.05, 4.69) is 18.3 Å². The minimum absolute atomic E-state index is 0.288. The Morgan fingerprint density at radius 2 is 2.55 bits per heavy atom. The van der Waals surface area contributed by atoms with Crippen molar-refractivity contribution in [1.29, 1.82) is 0 Å². The van der Waals surface area contributed by atoms with Crippen molar-refractivity contribution in [1.82, 2.24) is 5.32 Å². The Morgan fingerprint density at radius 3 is 3.27 bits per heavy atom. The van der Waals surface area contributed by atoms with Crippen LogP contribution in [0.15, 0.2) is 6.07 Å². The molecule has 0 aliphatic carbocycles. The zero-order valence-electron chi connectivity index (χ0n) is 6.42. The first kappa shape index (κ1) is 7.28. The number of hydrogen-bond acceptors (Lipinski definition) is 3. The van der Waals surface area contributed by atoms with Crippen LogP contribution in [0.5, 0.6) is 0 Å². The van der Waals surface area contributed by atoms with E-state index in [0.29, 0.717) is 6.54 Å². The van der Waals surface area contributed by atoms with Crippen molar-refractivity contribution in [3.8, 4) is 0 Å². The van der Waals surface area contributed by atoms with Crippen LogP contribution in [0.3, 0.4) is 0 Å². The highest BCUT2D eigenvalue weighted by Gasteiger charge is 2.18. The zero-order valence-corrected chi connectivity index (χ0v) is 7.24. The second-order valence-corrected chi connectivity index (χ2v) is 4.22. The van der Waals surface area contributed by atoms with Gasteiger partial charge in [0, 0.05) is 22.8 Å². The quantitative estimate of drug-likeness (QED) is 0.611. The van der Waals surface area contributed by atoms with Gasteiger partial charge in [-0.25, -0.2) is 0 Å². The molecule has 1 aliphatic rings. The highest BCUT2D eigenvalue weighted by atomic mass is 32.1. The smallest absolute Gasteiger partial charge is 0.0925 e. The molecule has 0 saturated carbocycles. The Labute approximate surface area is 69.9 Å². The molecule has 2 N–H and O–H groups in total. The average molecular weight is 169 g/mol. The van der Waals surface area contributed by atoms with Crippen LogP contribution in [0, 0.1) is 6.92 Å². The molecule has 0 radical (unpaired) electrons. The highest BCUT2D eigenvalue weighted by Crippen LogP contribution is 2.29. The highest BCUT2D eigenvalue weighted by molar-refractivity contribution is 7.12. The summed E-state index contributed by atoms with van der Waals surface area (Å²) in [5.74, 6) is 0. The third-order valence-electron chi connectivity index (χ3n) is 1.95. The number of hydrogen-bond donors (Lipinski definition) is 2. The largest absolute Gasteiger partial charge is 0.387 e. The second-order valence-electron chi connectivity index (χ2n) is 2.88. The number of aryl methyl sites for hydroxylation is 1. The summed E-state index contributed by atoms with van der Waals surface area (Å²) in [6.07, 6.45) is -0.288. The van der Waals surface area contributed by atoms with Crippen molar-refractivity contribution < 1.29 is 5.11 Å². The molecule has 3 heteroatoms. The maximum atomic E-state index is 9.52. The summed E-state index contributed by atoms with van der Waals surface area (Å²) in [5.41, 5.74) is 1.13. The predicted octanol–water partition coefficient (Wildman–Crippen LogP) is 1.19. The van der Waals surface area contributed by atoms with Crippen molar-refractivity contribution >= 4 is 11.3 Å². The SMILES string of the molecule is Cc1cc2c(s1)CNCC2O. The minimum Gasteiger partial charge on any atom is -0.387 e. The molecule has 0 amide bonds. The molecule has 0 spiro atoms. The molecule has 1 atom stereocenters. The van der Waals surface area contributed by atoms with Crippen LogP contribution in [0.25, 0.3) is 0 Å². The Bertz CT molecular complexity index is 269. The number of aliphatic hydroxyl groups is 1. The topological polar surface area (TPSA) is 32.3 Å². The Balaban J connectivity index is 2.43. The number of β-amino-alcohol motifs (C(OH)–C–C–N with tert-alkyl or cyclic N) is 1. The van der Waals surface area contributed by atoms with Gasteiger partial charge in [0.05, 0.1) is 6.10 Å². The molecular weight excluding hydrogens is 158 g/mol. The van der Waals surface area contributed by atoms with Gasteiger partial charge in [-0.05, 0) is 18.6 Å². The van der Waals surface area contributed by atoms with E-state index in [0.717, 1.165) is 12.1 Å². The fourth-order valence-electron chi connectivity index (χ4n) is 1.43. The summed E-state index contributed by atoms with van der Waals surface area (Å²) in [4.78, 5) is 2.58. The molecule has 0 saturated heterocycles. The van der Waals surface area contributed by atoms with Crippen molar-refractivity contribution in [2.45, 2.75) is 19.6 Å². The average Bonchev–Trinajstić information content (AvgIpc) is 2.31. The van der Waals surface area contributed by atoms with E-state index in [4.69, 9.17) is 0 Å². The van der Waals surface area contributed by atoms with Crippen molar-refractivity contribution in [2.24, 2.45) is 0 Å². The van der Waals surface area contributed by atoms with Crippen LogP contribution in [0.4, 0.5) is 0 Å². The van der Waals surface area contributed by atoms with Gasteiger partial charge in [0.2, 0.25) is 0 Å². The summed E-state index contributed by atoms with van der Waals surface area (Å²) in [5, 5.41) is 12.7. The van der Waals surface area contributed by atoms with Gasteiger partial charge in [-0.3, -0.25) is 0 Å². The fourth-order valence-corrected chi connectivity index (χ4v) is 2.50. The van der Waals surface area contributed by atoms with Crippen LogP contribution in [0.1, 0.15) is 21.4 Å². The first-order valence-corrected chi connectivity index (χ1v) is 4.57. The maximum Gasteiger partial charge on any atom is 0.0925 e. The van der Waals surface area contributed by atoms with Gasteiger partial charge in [0.1, 0.15) is 0 Å². The molecule has 2 rings (SSSR count). The van der Waals surface area contributed by atoms with Crippen LogP contribution in [-0.2, 0) is 6.54 Å². The zero-order chi connectivity index (χ0) is 7.84. The monoisotopic (exact) mass is 169 g/mol. The van der Waals surface area contributed by atoms with E-state index in [1.54, 1.807) is 11.3 Å². The van der Waals surface area contributed by atoms with Gasteiger partial charge in [-0.2, -0.15) is 0 Å². The van der Waals surface area contributed by atoms with Gasteiger partial charge in [-0.15, -0.1) is 11.3 Å². The number of rotatable bonds is 0. The van der Waals surface area contributed by atoms with Crippen molar-refractivity contribution in [3.05, 3.63) is 21.4 Å². The van der Waals surface area contributed by atoms with Gasteiger partial charge < -0.3 is 10.4 Å². The fraction of sp³-hybridized carbons (Fsp3) is 0.500. The van der Waals surface area contributed by atoms with Gasteiger partial charge >= 0.3 is 0 Å². The Kier molecular flexibility index (Phi) is 1.71. The third kappa shape index (κ3) is 1.20. The molecule has 1 aliphatic heterocycles.